The maximum atomic E-state index is 10.7. The van der Waals surface area contributed by atoms with Crippen molar-refractivity contribution in [2.24, 2.45) is 0 Å². The average molecular weight is 219 g/mol. The highest BCUT2D eigenvalue weighted by molar-refractivity contribution is 7.17. The van der Waals surface area contributed by atoms with Crippen LogP contribution in [0.15, 0.2) is 36.4 Å². The first-order valence-corrected chi connectivity index (χ1v) is 5.18. The Hall–Kier alpha value is -1.81. The van der Waals surface area contributed by atoms with E-state index in [1.165, 1.54) is 11.3 Å². The second kappa shape index (κ2) is 3.74. The predicted octanol–water partition coefficient (Wildman–Crippen LogP) is 2.70. The molecule has 1 aromatic carbocycles. The van der Waals surface area contributed by atoms with E-state index in [1.54, 1.807) is 18.2 Å². The van der Waals surface area contributed by atoms with Crippen molar-refractivity contribution in [3.05, 3.63) is 41.3 Å². The molecule has 0 fully saturated rings. The van der Waals surface area contributed by atoms with Crippen molar-refractivity contribution >= 4 is 23.0 Å². The van der Waals surface area contributed by atoms with Crippen LogP contribution in [0.25, 0.3) is 10.4 Å². The number of benzene rings is 1. The Bertz CT molecular complexity index is 505. The third-order valence-electron chi connectivity index (χ3n) is 2.04. The number of hydrogen-bond acceptors (Lipinski definition) is 3. The standard InChI is InChI=1S/C11H9NO2S/c12-8-4-2-1-3-7(8)9-5-6-10(15-9)11(13)14/h1-6H,12H2,(H,13,14). The van der Waals surface area contributed by atoms with E-state index in [2.05, 4.69) is 0 Å². The molecule has 0 saturated heterocycles. The maximum Gasteiger partial charge on any atom is 0.345 e. The summed E-state index contributed by atoms with van der Waals surface area (Å²) in [5.41, 5.74) is 7.34. The number of para-hydroxylation sites is 1. The number of nitrogen functional groups attached to an aromatic ring is 1. The fraction of sp³-hybridized carbons (Fsp3) is 0. The van der Waals surface area contributed by atoms with Gasteiger partial charge in [-0.3, -0.25) is 0 Å². The molecule has 2 rings (SSSR count). The number of carboxylic acid groups (broad SMARTS) is 1. The van der Waals surface area contributed by atoms with Gasteiger partial charge in [-0.25, -0.2) is 4.79 Å². The maximum absolute atomic E-state index is 10.7. The average Bonchev–Trinajstić information content (AvgIpc) is 2.67. The predicted molar refractivity (Wildman–Crippen MR) is 61.1 cm³/mol. The van der Waals surface area contributed by atoms with Crippen molar-refractivity contribution in [2.75, 3.05) is 5.73 Å². The Morgan fingerprint density at radius 3 is 2.53 bits per heavy atom. The van der Waals surface area contributed by atoms with Crippen LogP contribution in [-0.4, -0.2) is 11.1 Å². The summed E-state index contributed by atoms with van der Waals surface area (Å²) in [5.74, 6) is -0.902. The van der Waals surface area contributed by atoms with E-state index in [0.29, 0.717) is 10.6 Å². The first-order chi connectivity index (χ1) is 7.18. The van der Waals surface area contributed by atoms with E-state index in [1.807, 2.05) is 18.2 Å². The minimum atomic E-state index is -0.902. The van der Waals surface area contributed by atoms with Gasteiger partial charge in [-0.1, -0.05) is 18.2 Å². The quantitative estimate of drug-likeness (QED) is 0.763. The number of aromatic carboxylic acids is 1. The van der Waals surface area contributed by atoms with Crippen LogP contribution in [0.1, 0.15) is 9.67 Å². The van der Waals surface area contributed by atoms with Crippen LogP contribution in [0.5, 0.6) is 0 Å². The van der Waals surface area contributed by atoms with E-state index < -0.39 is 5.97 Å². The Labute approximate surface area is 90.8 Å². The van der Waals surface area contributed by atoms with Gasteiger partial charge in [-0.2, -0.15) is 0 Å². The molecule has 0 radical (unpaired) electrons. The summed E-state index contributed by atoms with van der Waals surface area (Å²) in [6, 6.07) is 10.8. The summed E-state index contributed by atoms with van der Waals surface area (Å²) in [7, 11) is 0. The molecule has 0 saturated carbocycles. The van der Waals surface area contributed by atoms with Gasteiger partial charge >= 0.3 is 5.97 Å². The van der Waals surface area contributed by atoms with E-state index in [9.17, 15) is 4.79 Å². The lowest BCUT2D eigenvalue weighted by molar-refractivity contribution is 0.0702. The summed E-state index contributed by atoms with van der Waals surface area (Å²) < 4.78 is 0. The third-order valence-corrected chi connectivity index (χ3v) is 3.15. The monoisotopic (exact) mass is 219 g/mol. The van der Waals surface area contributed by atoms with Gasteiger partial charge in [-0.05, 0) is 18.2 Å². The SMILES string of the molecule is Nc1ccccc1-c1ccc(C(=O)O)s1. The van der Waals surface area contributed by atoms with Gasteiger partial charge in [0.25, 0.3) is 0 Å². The van der Waals surface area contributed by atoms with E-state index >= 15 is 0 Å². The molecule has 3 N–H and O–H groups in total. The summed E-state index contributed by atoms with van der Waals surface area (Å²) in [6.07, 6.45) is 0. The molecule has 0 aliphatic heterocycles. The molecule has 15 heavy (non-hydrogen) atoms. The van der Waals surface area contributed by atoms with Crippen LogP contribution in [0.4, 0.5) is 5.69 Å². The lowest BCUT2D eigenvalue weighted by Crippen LogP contribution is -1.89. The van der Waals surface area contributed by atoms with Crippen LogP contribution in [0.2, 0.25) is 0 Å². The summed E-state index contributed by atoms with van der Waals surface area (Å²) in [5, 5.41) is 8.79. The number of anilines is 1. The largest absolute Gasteiger partial charge is 0.477 e. The molecule has 4 heteroatoms. The van der Waals surface area contributed by atoms with Crippen molar-refractivity contribution in [2.45, 2.75) is 0 Å². The number of carboxylic acids is 1. The first kappa shape index (κ1) is 9.73. The third kappa shape index (κ3) is 1.85. The van der Waals surface area contributed by atoms with E-state index in [0.717, 1.165) is 10.4 Å². The van der Waals surface area contributed by atoms with Gasteiger partial charge in [0.15, 0.2) is 0 Å². The van der Waals surface area contributed by atoms with Crippen LogP contribution in [0, 0.1) is 0 Å². The molecular weight excluding hydrogens is 210 g/mol. The van der Waals surface area contributed by atoms with Gasteiger partial charge in [0.2, 0.25) is 0 Å². The zero-order valence-corrected chi connectivity index (χ0v) is 8.62. The zero-order valence-electron chi connectivity index (χ0n) is 7.81. The molecule has 0 atom stereocenters. The highest BCUT2D eigenvalue weighted by Gasteiger charge is 2.09. The molecular formula is C11H9NO2S. The fourth-order valence-corrected chi connectivity index (χ4v) is 2.21. The van der Waals surface area contributed by atoms with Crippen molar-refractivity contribution in [3.8, 4) is 10.4 Å². The molecule has 1 heterocycles. The highest BCUT2D eigenvalue weighted by Crippen LogP contribution is 2.31. The van der Waals surface area contributed by atoms with Crippen LogP contribution >= 0.6 is 11.3 Å². The lowest BCUT2D eigenvalue weighted by Gasteiger charge is -2.00. The molecule has 0 unspecified atom stereocenters. The molecule has 0 aliphatic rings. The Morgan fingerprint density at radius 2 is 1.93 bits per heavy atom. The topological polar surface area (TPSA) is 63.3 Å². The summed E-state index contributed by atoms with van der Waals surface area (Å²) >= 11 is 1.23. The molecule has 3 nitrogen and oxygen atoms in total. The van der Waals surface area contributed by atoms with Crippen molar-refractivity contribution < 1.29 is 9.90 Å². The van der Waals surface area contributed by atoms with Gasteiger partial charge in [-0.15, -0.1) is 11.3 Å². The minimum Gasteiger partial charge on any atom is -0.477 e. The molecule has 0 aliphatic carbocycles. The van der Waals surface area contributed by atoms with Crippen LogP contribution in [-0.2, 0) is 0 Å². The Balaban J connectivity index is 2.46. The van der Waals surface area contributed by atoms with Crippen molar-refractivity contribution in [3.63, 3.8) is 0 Å². The summed E-state index contributed by atoms with van der Waals surface area (Å²) in [6.45, 7) is 0. The fourth-order valence-electron chi connectivity index (χ4n) is 1.32. The first-order valence-electron chi connectivity index (χ1n) is 4.36. The number of rotatable bonds is 2. The van der Waals surface area contributed by atoms with Gasteiger partial charge in [0.05, 0.1) is 0 Å². The Morgan fingerprint density at radius 1 is 1.20 bits per heavy atom. The van der Waals surface area contributed by atoms with Crippen LogP contribution in [0.3, 0.4) is 0 Å². The van der Waals surface area contributed by atoms with Gasteiger partial charge in [0.1, 0.15) is 4.88 Å². The molecule has 2 aromatic rings. The summed E-state index contributed by atoms with van der Waals surface area (Å²) in [4.78, 5) is 11.9. The molecule has 0 spiro atoms. The Kier molecular flexibility index (Phi) is 2.43. The molecule has 1 aromatic heterocycles. The molecule has 76 valence electrons. The number of hydrogen-bond donors (Lipinski definition) is 2. The number of carbonyl (C=O) groups is 1. The number of thiophene rings is 1. The minimum absolute atomic E-state index is 0.327. The second-order valence-electron chi connectivity index (χ2n) is 3.06. The normalized spacial score (nSPS) is 10.1. The molecule has 0 bridgehead atoms. The molecule has 0 amide bonds. The van der Waals surface area contributed by atoms with E-state index in [4.69, 9.17) is 10.8 Å². The second-order valence-corrected chi connectivity index (χ2v) is 4.14. The highest BCUT2D eigenvalue weighted by atomic mass is 32.1. The van der Waals surface area contributed by atoms with Crippen molar-refractivity contribution in [1.29, 1.82) is 0 Å². The van der Waals surface area contributed by atoms with Crippen LogP contribution < -0.4 is 5.73 Å². The number of nitrogens with two attached hydrogens (primary N) is 1. The van der Waals surface area contributed by atoms with Gasteiger partial charge < -0.3 is 10.8 Å². The van der Waals surface area contributed by atoms with E-state index in [-0.39, 0.29) is 0 Å². The smallest absolute Gasteiger partial charge is 0.345 e. The van der Waals surface area contributed by atoms with Gasteiger partial charge in [0, 0.05) is 16.1 Å². The lowest BCUT2D eigenvalue weighted by atomic mass is 10.1. The zero-order chi connectivity index (χ0) is 10.8. The van der Waals surface area contributed by atoms with Crippen molar-refractivity contribution in [1.82, 2.24) is 0 Å².